The lowest BCUT2D eigenvalue weighted by atomic mass is 9.92. The number of ether oxygens (including phenoxy) is 1. The summed E-state index contributed by atoms with van der Waals surface area (Å²) in [5, 5.41) is 7.54. The van der Waals surface area contributed by atoms with E-state index in [-0.39, 0.29) is 0 Å². The zero-order valence-electron chi connectivity index (χ0n) is 13.7. The van der Waals surface area contributed by atoms with Crippen LogP contribution in [0.25, 0.3) is 0 Å². The van der Waals surface area contributed by atoms with Gasteiger partial charge in [-0.15, -0.1) is 0 Å². The second-order valence-corrected chi connectivity index (χ2v) is 7.33. The Morgan fingerprint density at radius 1 is 1.19 bits per heavy atom. The van der Waals surface area contributed by atoms with Gasteiger partial charge in [-0.3, -0.25) is 0 Å². The van der Waals surface area contributed by atoms with Gasteiger partial charge in [-0.2, -0.15) is 0 Å². The molecule has 3 aliphatic rings. The van der Waals surface area contributed by atoms with E-state index in [0.29, 0.717) is 6.04 Å². The van der Waals surface area contributed by atoms with Gasteiger partial charge in [0.25, 0.3) is 0 Å². The minimum atomic E-state index is 0.585. The fourth-order valence-corrected chi connectivity index (χ4v) is 4.41. The van der Waals surface area contributed by atoms with Crippen LogP contribution in [0.15, 0.2) is 0 Å². The first-order valence-electron chi connectivity index (χ1n) is 9.06. The minimum absolute atomic E-state index is 0.585. The largest absolute Gasteiger partial charge is 0.379 e. The Morgan fingerprint density at radius 2 is 2.05 bits per heavy atom. The summed E-state index contributed by atoms with van der Waals surface area (Å²) in [6, 6.07) is 1.30. The van der Waals surface area contributed by atoms with Crippen molar-refractivity contribution in [3.05, 3.63) is 0 Å². The lowest BCUT2D eigenvalue weighted by Crippen LogP contribution is -2.51. The molecule has 21 heavy (non-hydrogen) atoms. The van der Waals surface area contributed by atoms with Gasteiger partial charge in [-0.1, -0.05) is 6.42 Å². The van der Waals surface area contributed by atoms with Crippen molar-refractivity contribution in [1.29, 1.82) is 0 Å². The van der Waals surface area contributed by atoms with Crippen LogP contribution in [0.1, 0.15) is 38.5 Å². The molecule has 0 aromatic heterocycles. The van der Waals surface area contributed by atoms with Crippen molar-refractivity contribution in [3.8, 4) is 0 Å². The average molecular weight is 295 g/mol. The summed E-state index contributed by atoms with van der Waals surface area (Å²) in [6.07, 6.45) is 8.26. The van der Waals surface area contributed by atoms with Crippen LogP contribution < -0.4 is 10.6 Å². The molecule has 0 bridgehead atoms. The normalized spacial score (nSPS) is 36.1. The number of hydrogen-bond donors (Lipinski definition) is 2. The summed E-state index contributed by atoms with van der Waals surface area (Å²) >= 11 is 0. The highest BCUT2D eigenvalue weighted by atomic mass is 16.5. The first kappa shape index (κ1) is 15.7. The Labute approximate surface area is 130 Å². The van der Waals surface area contributed by atoms with Crippen molar-refractivity contribution in [3.63, 3.8) is 0 Å². The molecule has 3 unspecified atom stereocenters. The molecule has 1 aliphatic carbocycles. The second-order valence-electron chi connectivity index (χ2n) is 7.33. The van der Waals surface area contributed by atoms with Crippen LogP contribution in [0.4, 0.5) is 0 Å². The van der Waals surface area contributed by atoms with Gasteiger partial charge in [0.15, 0.2) is 0 Å². The van der Waals surface area contributed by atoms with Gasteiger partial charge in [-0.05, 0) is 70.6 Å². The molecule has 0 radical (unpaired) electrons. The van der Waals surface area contributed by atoms with Gasteiger partial charge in [0.1, 0.15) is 0 Å². The van der Waals surface area contributed by atoms with E-state index in [0.717, 1.165) is 37.6 Å². The van der Waals surface area contributed by atoms with E-state index in [1.54, 1.807) is 0 Å². The molecule has 2 heterocycles. The van der Waals surface area contributed by atoms with Crippen molar-refractivity contribution in [1.82, 2.24) is 15.5 Å². The molecule has 122 valence electrons. The van der Waals surface area contributed by atoms with E-state index in [1.165, 1.54) is 58.2 Å². The molecule has 3 rings (SSSR count). The van der Waals surface area contributed by atoms with Crippen LogP contribution in [-0.4, -0.2) is 63.4 Å². The lowest BCUT2D eigenvalue weighted by Gasteiger charge is -2.33. The highest BCUT2D eigenvalue weighted by molar-refractivity contribution is 4.92. The zero-order chi connectivity index (χ0) is 14.5. The first-order valence-corrected chi connectivity index (χ1v) is 9.06. The number of hydrogen-bond acceptors (Lipinski definition) is 4. The molecule has 0 spiro atoms. The van der Waals surface area contributed by atoms with E-state index in [1.807, 2.05) is 0 Å². The molecular weight excluding hydrogens is 262 g/mol. The molecule has 3 fully saturated rings. The van der Waals surface area contributed by atoms with Crippen molar-refractivity contribution < 1.29 is 4.74 Å². The molecule has 3 atom stereocenters. The number of rotatable bonds is 5. The van der Waals surface area contributed by atoms with E-state index >= 15 is 0 Å². The predicted octanol–water partition coefficient (Wildman–Crippen LogP) is 1.47. The number of piperidine rings is 1. The van der Waals surface area contributed by atoms with Gasteiger partial charge < -0.3 is 20.3 Å². The molecule has 2 N–H and O–H groups in total. The summed E-state index contributed by atoms with van der Waals surface area (Å²) in [7, 11) is 2.25. The van der Waals surface area contributed by atoms with Crippen molar-refractivity contribution in [2.45, 2.75) is 50.6 Å². The molecule has 2 aliphatic heterocycles. The fraction of sp³-hybridized carbons (Fsp3) is 1.00. The van der Waals surface area contributed by atoms with Crippen LogP contribution in [-0.2, 0) is 4.74 Å². The molecule has 2 saturated heterocycles. The van der Waals surface area contributed by atoms with E-state index in [9.17, 15) is 0 Å². The second kappa shape index (κ2) is 7.91. The summed E-state index contributed by atoms with van der Waals surface area (Å²) in [5.41, 5.74) is 0. The molecular formula is C17H33N3O. The fourth-order valence-electron chi connectivity index (χ4n) is 4.41. The summed E-state index contributed by atoms with van der Waals surface area (Å²) in [5.74, 6) is 1.73. The van der Waals surface area contributed by atoms with Gasteiger partial charge >= 0.3 is 0 Å². The standard InChI is InChI=1S/C17H33N3O/c1-20-10-6-14(7-11-20)5-8-18-16-4-2-3-15(16)17-13-21-12-9-19-17/h14-19H,2-13H2,1H3. The third-order valence-corrected chi connectivity index (χ3v) is 5.83. The van der Waals surface area contributed by atoms with E-state index < -0.39 is 0 Å². The Bertz CT molecular complexity index is 298. The lowest BCUT2D eigenvalue weighted by molar-refractivity contribution is 0.0524. The number of morpholine rings is 1. The first-order chi connectivity index (χ1) is 10.3. The molecule has 0 aromatic carbocycles. The number of likely N-dealkylation sites (tertiary alicyclic amines) is 1. The van der Waals surface area contributed by atoms with Crippen LogP contribution in [0, 0.1) is 11.8 Å². The number of nitrogens with zero attached hydrogens (tertiary/aromatic N) is 1. The molecule has 0 amide bonds. The van der Waals surface area contributed by atoms with Crippen molar-refractivity contribution in [2.24, 2.45) is 11.8 Å². The van der Waals surface area contributed by atoms with Gasteiger partial charge in [0.2, 0.25) is 0 Å². The molecule has 4 heteroatoms. The number of nitrogens with one attached hydrogen (secondary N) is 2. The highest BCUT2D eigenvalue weighted by Crippen LogP contribution is 2.29. The van der Waals surface area contributed by atoms with Gasteiger partial charge in [-0.25, -0.2) is 0 Å². The Morgan fingerprint density at radius 3 is 2.81 bits per heavy atom. The predicted molar refractivity (Wildman–Crippen MR) is 86.6 cm³/mol. The maximum atomic E-state index is 5.66. The third kappa shape index (κ3) is 4.41. The van der Waals surface area contributed by atoms with E-state index in [4.69, 9.17) is 4.74 Å². The summed E-state index contributed by atoms with van der Waals surface area (Å²) in [4.78, 5) is 2.46. The molecule has 1 saturated carbocycles. The quantitative estimate of drug-likeness (QED) is 0.805. The SMILES string of the molecule is CN1CCC(CCNC2CCCC2C2COCCN2)CC1. The van der Waals surface area contributed by atoms with E-state index in [2.05, 4.69) is 22.6 Å². The maximum Gasteiger partial charge on any atom is 0.0623 e. The molecule has 0 aromatic rings. The molecule has 4 nitrogen and oxygen atoms in total. The Kier molecular flexibility index (Phi) is 5.92. The zero-order valence-corrected chi connectivity index (χ0v) is 13.7. The smallest absolute Gasteiger partial charge is 0.0623 e. The van der Waals surface area contributed by atoms with Crippen LogP contribution in [0.5, 0.6) is 0 Å². The van der Waals surface area contributed by atoms with Gasteiger partial charge in [0, 0.05) is 18.6 Å². The van der Waals surface area contributed by atoms with Crippen LogP contribution in [0.2, 0.25) is 0 Å². The highest BCUT2D eigenvalue weighted by Gasteiger charge is 2.34. The van der Waals surface area contributed by atoms with Gasteiger partial charge in [0.05, 0.1) is 13.2 Å². The average Bonchev–Trinajstić information content (AvgIpc) is 2.99. The summed E-state index contributed by atoms with van der Waals surface area (Å²) < 4.78 is 5.66. The topological polar surface area (TPSA) is 36.5 Å². The van der Waals surface area contributed by atoms with Crippen LogP contribution in [0.3, 0.4) is 0 Å². The van der Waals surface area contributed by atoms with Crippen molar-refractivity contribution in [2.75, 3.05) is 46.4 Å². The maximum absolute atomic E-state index is 5.66. The minimum Gasteiger partial charge on any atom is -0.379 e. The Hall–Kier alpha value is -0.160. The summed E-state index contributed by atoms with van der Waals surface area (Å²) in [6.45, 7) is 6.63. The van der Waals surface area contributed by atoms with Crippen molar-refractivity contribution >= 4 is 0 Å². The monoisotopic (exact) mass is 295 g/mol. The third-order valence-electron chi connectivity index (χ3n) is 5.83. The Balaban J connectivity index is 1.37. The van der Waals surface area contributed by atoms with Crippen LogP contribution >= 0.6 is 0 Å².